The molecule has 1 aliphatic heterocycles. The second kappa shape index (κ2) is 7.33. The van der Waals surface area contributed by atoms with E-state index in [1.54, 1.807) is 6.07 Å². The van der Waals surface area contributed by atoms with Crippen LogP contribution in [-0.4, -0.2) is 41.0 Å². The van der Waals surface area contributed by atoms with E-state index < -0.39 is 5.79 Å². The van der Waals surface area contributed by atoms with Crippen molar-refractivity contribution in [3.8, 4) is 0 Å². The Balaban J connectivity index is 1.60. The van der Waals surface area contributed by atoms with Gasteiger partial charge in [0.25, 0.3) is 5.56 Å². The van der Waals surface area contributed by atoms with Crippen LogP contribution in [0.1, 0.15) is 20.3 Å². The largest absolute Gasteiger partial charge is 0.354 e. The number of nitrogens with one attached hydrogen (secondary N) is 1. The van der Waals surface area contributed by atoms with Crippen LogP contribution >= 0.6 is 0 Å². The van der Waals surface area contributed by atoms with Crippen LogP contribution in [0.4, 0.5) is 0 Å². The van der Waals surface area contributed by atoms with Crippen molar-refractivity contribution in [1.29, 1.82) is 0 Å². The van der Waals surface area contributed by atoms with Gasteiger partial charge in [-0.25, -0.2) is 4.98 Å². The lowest BCUT2D eigenvalue weighted by Gasteiger charge is -2.26. The molecule has 134 valence electrons. The Labute approximate surface area is 146 Å². The van der Waals surface area contributed by atoms with Gasteiger partial charge in [0.1, 0.15) is 6.54 Å². The average Bonchev–Trinajstić information content (AvgIpc) is 3.01. The number of aromatic nitrogens is 2. The molecule has 0 spiro atoms. The number of ether oxygens (including phenoxy) is 2. The molecule has 1 saturated heterocycles. The predicted octanol–water partition coefficient (Wildman–Crippen LogP) is 1.30. The molecule has 1 atom stereocenters. The maximum absolute atomic E-state index is 12.3. The Morgan fingerprint density at radius 2 is 2.08 bits per heavy atom. The fraction of sp³-hybridized carbons (Fsp3) is 0.500. The van der Waals surface area contributed by atoms with Crippen LogP contribution in [0.25, 0.3) is 11.0 Å². The summed E-state index contributed by atoms with van der Waals surface area (Å²) in [6.45, 7) is 5.63. The molecular formula is C18H23N3O4. The summed E-state index contributed by atoms with van der Waals surface area (Å²) in [7, 11) is 0. The lowest BCUT2D eigenvalue weighted by atomic mass is 10.0. The summed E-state index contributed by atoms with van der Waals surface area (Å²) in [6, 6.07) is 7.27. The molecule has 1 N–H and O–H groups in total. The molecule has 1 aromatic heterocycles. The van der Waals surface area contributed by atoms with Gasteiger partial charge in [-0.3, -0.25) is 14.2 Å². The van der Waals surface area contributed by atoms with Crippen molar-refractivity contribution in [2.45, 2.75) is 32.6 Å². The van der Waals surface area contributed by atoms with E-state index in [0.29, 0.717) is 37.2 Å². The van der Waals surface area contributed by atoms with E-state index in [9.17, 15) is 9.59 Å². The van der Waals surface area contributed by atoms with E-state index in [1.807, 2.05) is 32.0 Å². The summed E-state index contributed by atoms with van der Waals surface area (Å²) in [5, 5.41) is 2.88. The summed E-state index contributed by atoms with van der Waals surface area (Å²) in [5.74, 6) is -0.579. The third-order valence-corrected chi connectivity index (χ3v) is 4.32. The number of amides is 1. The molecule has 1 aromatic carbocycles. The van der Waals surface area contributed by atoms with Crippen molar-refractivity contribution in [3.63, 3.8) is 0 Å². The zero-order valence-corrected chi connectivity index (χ0v) is 14.5. The molecule has 0 radical (unpaired) electrons. The number of rotatable bonds is 6. The quantitative estimate of drug-likeness (QED) is 0.853. The Morgan fingerprint density at radius 1 is 1.36 bits per heavy atom. The zero-order valence-electron chi connectivity index (χ0n) is 14.5. The minimum Gasteiger partial charge on any atom is -0.354 e. The maximum Gasteiger partial charge on any atom is 0.269 e. The molecule has 25 heavy (non-hydrogen) atoms. The van der Waals surface area contributed by atoms with Gasteiger partial charge in [0.05, 0.1) is 30.4 Å². The van der Waals surface area contributed by atoms with Gasteiger partial charge in [0.15, 0.2) is 5.79 Å². The summed E-state index contributed by atoms with van der Waals surface area (Å²) in [4.78, 5) is 28.4. The molecule has 0 saturated carbocycles. The summed E-state index contributed by atoms with van der Waals surface area (Å²) in [6.07, 6.45) is 1.94. The van der Waals surface area contributed by atoms with Crippen LogP contribution in [0.3, 0.4) is 0 Å². The van der Waals surface area contributed by atoms with Crippen LogP contribution in [-0.2, 0) is 20.8 Å². The number of hydrogen-bond acceptors (Lipinski definition) is 5. The van der Waals surface area contributed by atoms with Gasteiger partial charge in [-0.1, -0.05) is 19.1 Å². The van der Waals surface area contributed by atoms with Crippen LogP contribution < -0.4 is 10.9 Å². The van der Waals surface area contributed by atoms with Crippen LogP contribution in [0, 0.1) is 5.92 Å². The fourth-order valence-electron chi connectivity index (χ4n) is 3.15. The lowest BCUT2D eigenvalue weighted by Crippen LogP contribution is -2.37. The highest BCUT2D eigenvalue weighted by Crippen LogP contribution is 2.26. The van der Waals surface area contributed by atoms with Crippen molar-refractivity contribution in [2.75, 3.05) is 19.8 Å². The van der Waals surface area contributed by atoms with Gasteiger partial charge in [-0.05, 0) is 25.0 Å². The maximum atomic E-state index is 12.3. The molecule has 2 heterocycles. The second-order valence-corrected chi connectivity index (χ2v) is 6.62. The SMILES string of the molecule is CC(CNC(=O)Cn1c(=O)cnc2ccccc21)CC1(C)OCCO1. The van der Waals surface area contributed by atoms with E-state index in [2.05, 4.69) is 10.3 Å². The first-order valence-electron chi connectivity index (χ1n) is 8.46. The molecule has 1 aliphatic rings. The molecular weight excluding hydrogens is 322 g/mol. The highest BCUT2D eigenvalue weighted by Gasteiger charge is 2.32. The zero-order chi connectivity index (χ0) is 17.9. The molecule has 3 rings (SSSR count). The number of hydrogen-bond donors (Lipinski definition) is 1. The van der Waals surface area contributed by atoms with Gasteiger partial charge >= 0.3 is 0 Å². The third-order valence-electron chi connectivity index (χ3n) is 4.32. The highest BCUT2D eigenvalue weighted by molar-refractivity contribution is 5.79. The van der Waals surface area contributed by atoms with Crippen LogP contribution in [0.15, 0.2) is 35.3 Å². The summed E-state index contributed by atoms with van der Waals surface area (Å²) in [5.41, 5.74) is 1.05. The van der Waals surface area contributed by atoms with Gasteiger partial charge in [-0.2, -0.15) is 0 Å². The van der Waals surface area contributed by atoms with Crippen LogP contribution in [0.5, 0.6) is 0 Å². The number of para-hydroxylation sites is 2. The monoisotopic (exact) mass is 345 g/mol. The molecule has 1 unspecified atom stereocenters. The normalized spacial score (nSPS) is 17.5. The number of fused-ring (bicyclic) bond motifs is 1. The van der Waals surface area contributed by atoms with E-state index in [1.165, 1.54) is 10.8 Å². The van der Waals surface area contributed by atoms with Crippen LogP contribution in [0.2, 0.25) is 0 Å². The number of carbonyl (C=O) groups is 1. The summed E-state index contributed by atoms with van der Waals surface area (Å²) >= 11 is 0. The van der Waals surface area contributed by atoms with Crippen molar-refractivity contribution in [3.05, 3.63) is 40.8 Å². The minimum atomic E-state index is -0.567. The first-order chi connectivity index (χ1) is 12.0. The number of nitrogens with zero attached hydrogens (tertiary/aromatic N) is 2. The van der Waals surface area contributed by atoms with Crippen molar-refractivity contribution < 1.29 is 14.3 Å². The van der Waals surface area contributed by atoms with Gasteiger partial charge < -0.3 is 14.8 Å². The van der Waals surface area contributed by atoms with Crippen molar-refractivity contribution in [1.82, 2.24) is 14.9 Å². The smallest absolute Gasteiger partial charge is 0.269 e. The van der Waals surface area contributed by atoms with E-state index >= 15 is 0 Å². The van der Waals surface area contributed by atoms with Gasteiger partial charge in [0, 0.05) is 13.0 Å². The Kier molecular flexibility index (Phi) is 5.15. The third kappa shape index (κ3) is 4.24. The molecule has 0 bridgehead atoms. The van der Waals surface area contributed by atoms with E-state index in [-0.39, 0.29) is 23.9 Å². The summed E-state index contributed by atoms with van der Waals surface area (Å²) < 4.78 is 12.6. The number of carbonyl (C=O) groups excluding carboxylic acids is 1. The number of benzene rings is 1. The van der Waals surface area contributed by atoms with Gasteiger partial charge in [-0.15, -0.1) is 0 Å². The standard InChI is InChI=1S/C18H23N3O4/c1-13(9-18(2)24-7-8-25-18)10-20-16(22)12-21-15-6-4-3-5-14(15)19-11-17(21)23/h3-6,11,13H,7-10,12H2,1-2H3,(H,20,22). The average molecular weight is 345 g/mol. The molecule has 7 nitrogen and oxygen atoms in total. The molecule has 0 aliphatic carbocycles. The molecule has 1 amide bonds. The fourth-order valence-corrected chi connectivity index (χ4v) is 3.15. The van der Waals surface area contributed by atoms with E-state index in [4.69, 9.17) is 9.47 Å². The topological polar surface area (TPSA) is 82.5 Å². The molecule has 1 fully saturated rings. The molecule has 7 heteroatoms. The highest BCUT2D eigenvalue weighted by atomic mass is 16.7. The second-order valence-electron chi connectivity index (χ2n) is 6.62. The lowest BCUT2D eigenvalue weighted by molar-refractivity contribution is -0.154. The van der Waals surface area contributed by atoms with Gasteiger partial charge in [0.2, 0.25) is 5.91 Å². The van der Waals surface area contributed by atoms with Crippen molar-refractivity contribution >= 4 is 16.9 Å². The first-order valence-corrected chi connectivity index (χ1v) is 8.46. The first kappa shape index (κ1) is 17.6. The molecule has 2 aromatic rings. The predicted molar refractivity (Wildman–Crippen MR) is 93.1 cm³/mol. The minimum absolute atomic E-state index is 0.0289. The Bertz CT molecular complexity index is 811. The van der Waals surface area contributed by atoms with E-state index in [0.717, 1.165) is 0 Å². The van der Waals surface area contributed by atoms with Crippen molar-refractivity contribution in [2.24, 2.45) is 5.92 Å². The Hall–Kier alpha value is -2.25. The Morgan fingerprint density at radius 3 is 2.84 bits per heavy atom.